The first-order valence-electron chi connectivity index (χ1n) is 5.15. The first-order chi connectivity index (χ1) is 7.81. The summed E-state index contributed by atoms with van der Waals surface area (Å²) in [5.41, 5.74) is 0. The number of benzene rings is 2. The van der Waals surface area contributed by atoms with Crippen molar-refractivity contribution in [2.75, 3.05) is 20.3 Å². The van der Waals surface area contributed by atoms with Crippen LogP contribution in [-0.4, -0.2) is 25.4 Å². The lowest BCUT2D eigenvalue weighted by atomic mass is 10.1. The van der Waals surface area contributed by atoms with E-state index in [1.807, 2.05) is 30.3 Å². The van der Waals surface area contributed by atoms with Crippen LogP contribution in [0.2, 0.25) is 0 Å². The minimum absolute atomic E-state index is 0.293. The Balaban J connectivity index is 2.23. The van der Waals surface area contributed by atoms with Gasteiger partial charge in [-0.1, -0.05) is 12.1 Å². The molecule has 84 valence electrons. The Labute approximate surface area is 94.2 Å². The molecule has 0 aliphatic carbocycles. The summed E-state index contributed by atoms with van der Waals surface area (Å²) in [5, 5.41) is 11.4. The molecule has 0 unspecified atom stereocenters. The fourth-order valence-corrected chi connectivity index (χ4v) is 1.58. The lowest BCUT2D eigenvalue weighted by molar-refractivity contribution is 0.146. The van der Waals surface area contributed by atoms with E-state index >= 15 is 0 Å². The average molecular weight is 218 g/mol. The third kappa shape index (κ3) is 2.25. The van der Waals surface area contributed by atoms with Gasteiger partial charge in [0.2, 0.25) is 0 Å². The second-order valence-corrected chi connectivity index (χ2v) is 3.50. The van der Waals surface area contributed by atoms with Crippen molar-refractivity contribution in [1.29, 1.82) is 0 Å². The van der Waals surface area contributed by atoms with Crippen molar-refractivity contribution < 1.29 is 14.6 Å². The summed E-state index contributed by atoms with van der Waals surface area (Å²) >= 11 is 0. The zero-order valence-electron chi connectivity index (χ0n) is 9.14. The first-order valence-corrected chi connectivity index (χ1v) is 5.15. The molecule has 16 heavy (non-hydrogen) atoms. The van der Waals surface area contributed by atoms with Crippen LogP contribution < -0.4 is 4.74 Å². The Morgan fingerprint density at radius 2 is 2.00 bits per heavy atom. The summed E-state index contributed by atoms with van der Waals surface area (Å²) in [7, 11) is 1.64. The predicted octanol–water partition coefficient (Wildman–Crippen LogP) is 2.57. The van der Waals surface area contributed by atoms with Gasteiger partial charge in [0, 0.05) is 12.5 Å². The average Bonchev–Trinajstić information content (AvgIpc) is 2.30. The van der Waals surface area contributed by atoms with Gasteiger partial charge < -0.3 is 14.6 Å². The van der Waals surface area contributed by atoms with E-state index in [-0.39, 0.29) is 0 Å². The molecule has 2 aromatic rings. The van der Waals surface area contributed by atoms with Crippen molar-refractivity contribution in [1.82, 2.24) is 0 Å². The van der Waals surface area contributed by atoms with E-state index in [0.717, 1.165) is 16.5 Å². The number of aromatic hydroxyl groups is 1. The molecule has 0 saturated heterocycles. The molecule has 0 fully saturated rings. The molecule has 0 bridgehead atoms. The van der Waals surface area contributed by atoms with Crippen LogP contribution in [0.3, 0.4) is 0 Å². The summed E-state index contributed by atoms with van der Waals surface area (Å²) in [6.07, 6.45) is 0. The quantitative estimate of drug-likeness (QED) is 0.801. The van der Waals surface area contributed by atoms with Crippen LogP contribution in [0.15, 0.2) is 36.4 Å². The number of hydrogen-bond acceptors (Lipinski definition) is 3. The highest BCUT2D eigenvalue weighted by Crippen LogP contribution is 2.27. The van der Waals surface area contributed by atoms with Crippen molar-refractivity contribution in [3.05, 3.63) is 36.4 Å². The molecule has 0 aliphatic heterocycles. The molecule has 0 heterocycles. The van der Waals surface area contributed by atoms with E-state index in [2.05, 4.69) is 0 Å². The molecule has 0 aliphatic rings. The Kier molecular flexibility index (Phi) is 3.27. The highest BCUT2D eigenvalue weighted by Gasteiger charge is 2.00. The smallest absolute Gasteiger partial charge is 0.123 e. The van der Waals surface area contributed by atoms with Crippen molar-refractivity contribution >= 4 is 10.8 Å². The lowest BCUT2D eigenvalue weighted by Gasteiger charge is -2.07. The molecule has 2 aromatic carbocycles. The Morgan fingerprint density at radius 3 is 2.81 bits per heavy atom. The van der Waals surface area contributed by atoms with Gasteiger partial charge in [0.15, 0.2) is 0 Å². The van der Waals surface area contributed by atoms with Crippen LogP contribution in [0.25, 0.3) is 10.8 Å². The summed E-state index contributed by atoms with van der Waals surface area (Å²) in [6, 6.07) is 11.0. The number of rotatable bonds is 4. The van der Waals surface area contributed by atoms with Crippen LogP contribution >= 0.6 is 0 Å². The standard InChI is InChI=1S/C13H14O3/c1-15-7-8-16-11-5-6-12-10(9-11)3-2-4-13(12)14/h2-6,9,14H,7-8H2,1H3. The molecular formula is C13H14O3. The van der Waals surface area contributed by atoms with Crippen LogP contribution in [0.1, 0.15) is 0 Å². The molecule has 3 nitrogen and oxygen atoms in total. The Morgan fingerprint density at radius 1 is 1.12 bits per heavy atom. The molecule has 0 radical (unpaired) electrons. The first kappa shape index (κ1) is 10.8. The van der Waals surface area contributed by atoms with Gasteiger partial charge in [-0.25, -0.2) is 0 Å². The molecule has 0 atom stereocenters. The topological polar surface area (TPSA) is 38.7 Å². The number of ether oxygens (including phenoxy) is 2. The van der Waals surface area contributed by atoms with Crippen molar-refractivity contribution in [2.45, 2.75) is 0 Å². The van der Waals surface area contributed by atoms with Gasteiger partial charge in [0.05, 0.1) is 6.61 Å². The molecule has 3 heteroatoms. The fraction of sp³-hybridized carbons (Fsp3) is 0.231. The number of phenolic OH excluding ortho intramolecular Hbond substituents is 1. The van der Waals surface area contributed by atoms with Crippen molar-refractivity contribution in [2.24, 2.45) is 0 Å². The van der Waals surface area contributed by atoms with Crippen LogP contribution in [0.5, 0.6) is 11.5 Å². The van der Waals surface area contributed by atoms with Gasteiger partial charge in [0.1, 0.15) is 18.1 Å². The number of phenols is 1. The highest BCUT2D eigenvalue weighted by atomic mass is 16.5. The molecule has 2 rings (SSSR count). The van der Waals surface area contributed by atoms with E-state index < -0.39 is 0 Å². The number of fused-ring (bicyclic) bond motifs is 1. The number of hydrogen-bond donors (Lipinski definition) is 1. The number of methoxy groups -OCH3 is 1. The van der Waals surface area contributed by atoms with Gasteiger partial charge in [-0.05, 0) is 29.7 Å². The Hall–Kier alpha value is -1.74. The van der Waals surface area contributed by atoms with Crippen LogP contribution in [0, 0.1) is 0 Å². The van der Waals surface area contributed by atoms with Gasteiger partial charge in [-0.3, -0.25) is 0 Å². The van der Waals surface area contributed by atoms with Crippen LogP contribution in [-0.2, 0) is 4.74 Å². The largest absolute Gasteiger partial charge is 0.507 e. The fourth-order valence-electron chi connectivity index (χ4n) is 1.58. The highest BCUT2D eigenvalue weighted by molar-refractivity contribution is 5.89. The Bertz CT molecular complexity index is 480. The van der Waals surface area contributed by atoms with Crippen LogP contribution in [0.4, 0.5) is 0 Å². The van der Waals surface area contributed by atoms with E-state index in [1.54, 1.807) is 13.2 Å². The van der Waals surface area contributed by atoms with E-state index in [0.29, 0.717) is 19.0 Å². The summed E-state index contributed by atoms with van der Waals surface area (Å²) < 4.78 is 10.4. The van der Waals surface area contributed by atoms with Crippen molar-refractivity contribution in [3.63, 3.8) is 0 Å². The monoisotopic (exact) mass is 218 g/mol. The molecule has 0 amide bonds. The SMILES string of the molecule is COCCOc1ccc2c(O)cccc2c1. The maximum Gasteiger partial charge on any atom is 0.123 e. The zero-order chi connectivity index (χ0) is 11.4. The normalized spacial score (nSPS) is 10.6. The van der Waals surface area contributed by atoms with E-state index in [1.165, 1.54) is 0 Å². The maximum atomic E-state index is 9.62. The van der Waals surface area contributed by atoms with Gasteiger partial charge in [0.25, 0.3) is 0 Å². The minimum Gasteiger partial charge on any atom is -0.507 e. The maximum absolute atomic E-state index is 9.62. The van der Waals surface area contributed by atoms with E-state index in [9.17, 15) is 5.11 Å². The van der Waals surface area contributed by atoms with Gasteiger partial charge in [-0.2, -0.15) is 0 Å². The molecule has 0 aromatic heterocycles. The van der Waals surface area contributed by atoms with Gasteiger partial charge in [-0.15, -0.1) is 0 Å². The molecule has 1 N–H and O–H groups in total. The lowest BCUT2D eigenvalue weighted by Crippen LogP contribution is -2.03. The van der Waals surface area contributed by atoms with Crippen molar-refractivity contribution in [3.8, 4) is 11.5 Å². The summed E-state index contributed by atoms with van der Waals surface area (Å²) in [4.78, 5) is 0. The minimum atomic E-state index is 0.293. The third-order valence-corrected chi connectivity index (χ3v) is 2.39. The molecular weight excluding hydrogens is 204 g/mol. The summed E-state index contributed by atoms with van der Waals surface area (Å²) in [6.45, 7) is 1.10. The zero-order valence-corrected chi connectivity index (χ0v) is 9.14. The second-order valence-electron chi connectivity index (χ2n) is 3.50. The van der Waals surface area contributed by atoms with E-state index in [4.69, 9.17) is 9.47 Å². The molecule has 0 spiro atoms. The third-order valence-electron chi connectivity index (χ3n) is 2.39. The predicted molar refractivity (Wildman–Crippen MR) is 63.0 cm³/mol. The molecule has 0 saturated carbocycles. The van der Waals surface area contributed by atoms with Gasteiger partial charge >= 0.3 is 0 Å². The summed E-state index contributed by atoms with van der Waals surface area (Å²) in [5.74, 6) is 1.08. The second kappa shape index (κ2) is 4.86.